The van der Waals surface area contributed by atoms with Gasteiger partial charge in [0.25, 0.3) is 0 Å². The molecule has 2 amide bonds. The fraction of sp³-hybridized carbons (Fsp3) is 0.444. The SMILES string of the molecule is O=C(NC1(C(=O)NC[C@H]2CCC[C@H]2C(=O)O)CCOC1)OCC1c2ccccc2-c2ccccc21. The largest absolute Gasteiger partial charge is 0.481 e. The van der Waals surface area contributed by atoms with Crippen molar-refractivity contribution in [1.82, 2.24) is 10.6 Å². The van der Waals surface area contributed by atoms with Crippen molar-refractivity contribution < 1.29 is 29.0 Å². The molecule has 8 heteroatoms. The summed E-state index contributed by atoms with van der Waals surface area (Å²) < 4.78 is 11.1. The van der Waals surface area contributed by atoms with Crippen molar-refractivity contribution in [3.05, 3.63) is 59.7 Å². The molecular weight excluding hydrogens is 448 g/mol. The zero-order chi connectivity index (χ0) is 24.4. The van der Waals surface area contributed by atoms with E-state index >= 15 is 0 Å². The van der Waals surface area contributed by atoms with Gasteiger partial charge in [0, 0.05) is 25.5 Å². The highest BCUT2D eigenvalue weighted by Crippen LogP contribution is 2.44. The van der Waals surface area contributed by atoms with Gasteiger partial charge in [-0.15, -0.1) is 0 Å². The molecule has 3 aliphatic rings. The first-order valence-corrected chi connectivity index (χ1v) is 12.2. The standard InChI is InChI=1S/C27H30N2O6/c30-24(31)18-11-5-6-17(18)14-28-25(32)27(12-13-34-16-27)29-26(33)35-15-23-21-9-3-1-7-19(21)20-8-2-4-10-22(20)23/h1-4,7-10,17-18,23H,5-6,11-16H2,(H,28,32)(H,29,33)(H,30,31)/t17-,18-,27?/m1/s1. The summed E-state index contributed by atoms with van der Waals surface area (Å²) in [4.78, 5) is 37.4. The number of fused-ring (bicyclic) bond motifs is 3. The molecule has 3 atom stereocenters. The zero-order valence-corrected chi connectivity index (χ0v) is 19.5. The average molecular weight is 479 g/mol. The molecule has 0 bridgehead atoms. The van der Waals surface area contributed by atoms with E-state index in [1.165, 1.54) is 0 Å². The number of ether oxygens (including phenoxy) is 2. The maximum absolute atomic E-state index is 13.1. The van der Waals surface area contributed by atoms with E-state index in [-0.39, 0.29) is 37.5 Å². The maximum atomic E-state index is 13.1. The van der Waals surface area contributed by atoms with Crippen LogP contribution in [0.2, 0.25) is 0 Å². The van der Waals surface area contributed by atoms with Gasteiger partial charge in [0.2, 0.25) is 5.91 Å². The van der Waals surface area contributed by atoms with Crippen molar-refractivity contribution in [3.8, 4) is 11.1 Å². The Hall–Kier alpha value is -3.39. The van der Waals surface area contributed by atoms with Crippen LogP contribution in [0.15, 0.2) is 48.5 Å². The smallest absolute Gasteiger partial charge is 0.408 e. The third-order valence-corrected chi connectivity index (χ3v) is 7.64. The van der Waals surface area contributed by atoms with Crippen LogP contribution < -0.4 is 10.6 Å². The fourth-order valence-corrected chi connectivity index (χ4v) is 5.73. The predicted octanol–water partition coefficient (Wildman–Crippen LogP) is 3.30. The first-order valence-electron chi connectivity index (χ1n) is 12.2. The summed E-state index contributed by atoms with van der Waals surface area (Å²) >= 11 is 0. The molecule has 1 saturated heterocycles. The molecule has 8 nitrogen and oxygen atoms in total. The minimum absolute atomic E-state index is 0.0516. The molecule has 5 rings (SSSR count). The molecule has 0 spiro atoms. The molecule has 2 fully saturated rings. The molecule has 184 valence electrons. The normalized spacial score (nSPS) is 25.0. The van der Waals surface area contributed by atoms with E-state index in [4.69, 9.17) is 9.47 Å². The number of hydrogen-bond donors (Lipinski definition) is 3. The van der Waals surface area contributed by atoms with Crippen LogP contribution in [-0.2, 0) is 19.1 Å². The molecule has 1 unspecified atom stereocenters. The minimum atomic E-state index is -1.22. The lowest BCUT2D eigenvalue weighted by Crippen LogP contribution is -2.60. The first-order chi connectivity index (χ1) is 17.0. The van der Waals surface area contributed by atoms with E-state index in [0.29, 0.717) is 19.4 Å². The highest BCUT2D eigenvalue weighted by Gasteiger charge is 2.45. The van der Waals surface area contributed by atoms with Crippen molar-refractivity contribution in [3.63, 3.8) is 0 Å². The first kappa shape index (κ1) is 23.4. The average Bonchev–Trinajstić information content (AvgIpc) is 3.59. The van der Waals surface area contributed by atoms with Crippen molar-refractivity contribution in [2.75, 3.05) is 26.4 Å². The molecule has 2 aromatic carbocycles. The number of nitrogens with one attached hydrogen (secondary N) is 2. The molecule has 1 heterocycles. The summed E-state index contributed by atoms with van der Waals surface area (Å²) in [7, 11) is 0. The summed E-state index contributed by atoms with van der Waals surface area (Å²) in [6.45, 7) is 0.818. The van der Waals surface area contributed by atoms with Crippen molar-refractivity contribution in [2.45, 2.75) is 37.1 Å². The number of hydrogen-bond acceptors (Lipinski definition) is 5. The third kappa shape index (κ3) is 4.50. The topological polar surface area (TPSA) is 114 Å². The molecule has 1 saturated carbocycles. The highest BCUT2D eigenvalue weighted by atomic mass is 16.6. The van der Waals surface area contributed by atoms with Gasteiger partial charge < -0.3 is 25.2 Å². The van der Waals surface area contributed by atoms with Crippen LogP contribution in [0.4, 0.5) is 4.79 Å². The van der Waals surface area contributed by atoms with E-state index in [9.17, 15) is 19.5 Å². The number of benzene rings is 2. The molecule has 3 N–H and O–H groups in total. The number of carboxylic acids is 1. The fourth-order valence-electron chi connectivity index (χ4n) is 5.73. The number of alkyl carbamates (subject to hydrolysis) is 1. The van der Waals surface area contributed by atoms with Gasteiger partial charge in [-0.1, -0.05) is 55.0 Å². The van der Waals surface area contributed by atoms with Gasteiger partial charge in [-0.2, -0.15) is 0 Å². The molecule has 2 aromatic rings. The summed E-state index contributed by atoms with van der Waals surface area (Å²) in [6.07, 6.45) is 1.89. The Morgan fingerprint density at radius 1 is 1.03 bits per heavy atom. The lowest BCUT2D eigenvalue weighted by atomic mass is 9.94. The number of rotatable bonds is 7. The Balaban J connectivity index is 1.22. The van der Waals surface area contributed by atoms with Crippen LogP contribution in [0.5, 0.6) is 0 Å². The number of carbonyl (C=O) groups excluding carboxylic acids is 2. The second-order valence-corrected chi connectivity index (χ2v) is 9.68. The van der Waals surface area contributed by atoms with Gasteiger partial charge in [-0.3, -0.25) is 9.59 Å². The van der Waals surface area contributed by atoms with E-state index in [0.717, 1.165) is 35.1 Å². The lowest BCUT2D eigenvalue weighted by molar-refractivity contribution is -0.143. The highest BCUT2D eigenvalue weighted by molar-refractivity contribution is 5.90. The summed E-state index contributed by atoms with van der Waals surface area (Å²) in [5, 5.41) is 15.0. The van der Waals surface area contributed by atoms with E-state index < -0.39 is 23.5 Å². The van der Waals surface area contributed by atoms with Crippen molar-refractivity contribution in [1.29, 1.82) is 0 Å². The maximum Gasteiger partial charge on any atom is 0.408 e. The van der Waals surface area contributed by atoms with Crippen molar-refractivity contribution in [2.24, 2.45) is 11.8 Å². The number of carboxylic acid groups (broad SMARTS) is 1. The zero-order valence-electron chi connectivity index (χ0n) is 19.5. The number of amides is 2. The molecule has 2 aliphatic carbocycles. The molecule has 35 heavy (non-hydrogen) atoms. The second kappa shape index (κ2) is 9.70. The third-order valence-electron chi connectivity index (χ3n) is 7.64. The van der Waals surface area contributed by atoms with Crippen molar-refractivity contribution >= 4 is 18.0 Å². The van der Waals surface area contributed by atoms with Crippen LogP contribution in [0.1, 0.15) is 42.7 Å². The van der Waals surface area contributed by atoms with Gasteiger partial charge in [-0.05, 0) is 41.0 Å². The van der Waals surface area contributed by atoms with E-state index in [1.807, 2.05) is 24.3 Å². The van der Waals surface area contributed by atoms with Crippen LogP contribution in [0, 0.1) is 11.8 Å². The van der Waals surface area contributed by atoms with Gasteiger partial charge in [0.1, 0.15) is 12.1 Å². The predicted molar refractivity (Wildman–Crippen MR) is 128 cm³/mol. The Morgan fingerprint density at radius 3 is 2.34 bits per heavy atom. The van der Waals surface area contributed by atoms with Crippen LogP contribution in [-0.4, -0.2) is 55.0 Å². The summed E-state index contributed by atoms with van der Waals surface area (Å²) in [5.41, 5.74) is 3.29. The Labute approximate surface area is 204 Å². The second-order valence-electron chi connectivity index (χ2n) is 9.68. The quantitative estimate of drug-likeness (QED) is 0.563. The van der Waals surface area contributed by atoms with Crippen LogP contribution in [0.25, 0.3) is 11.1 Å². The van der Waals surface area contributed by atoms with Gasteiger partial charge in [-0.25, -0.2) is 4.79 Å². The van der Waals surface area contributed by atoms with Gasteiger partial charge >= 0.3 is 12.1 Å². The lowest BCUT2D eigenvalue weighted by Gasteiger charge is -2.28. The van der Waals surface area contributed by atoms with Gasteiger partial charge in [0.15, 0.2) is 0 Å². The van der Waals surface area contributed by atoms with Crippen LogP contribution in [0.3, 0.4) is 0 Å². The molecule has 1 aliphatic heterocycles. The molecular formula is C27H30N2O6. The number of aliphatic carboxylic acids is 1. The molecule has 0 radical (unpaired) electrons. The van der Waals surface area contributed by atoms with Crippen LogP contribution >= 0.6 is 0 Å². The van der Waals surface area contributed by atoms with Gasteiger partial charge in [0.05, 0.1) is 12.5 Å². The Bertz CT molecular complexity index is 1080. The summed E-state index contributed by atoms with van der Waals surface area (Å²) in [5.74, 6) is -1.81. The summed E-state index contributed by atoms with van der Waals surface area (Å²) in [6, 6.07) is 16.2. The monoisotopic (exact) mass is 478 g/mol. The number of carbonyl (C=O) groups is 3. The molecule has 0 aromatic heterocycles. The van der Waals surface area contributed by atoms with E-state index in [1.54, 1.807) is 0 Å². The Kier molecular flexibility index (Phi) is 6.47. The Morgan fingerprint density at radius 2 is 1.71 bits per heavy atom. The minimum Gasteiger partial charge on any atom is -0.481 e. The van der Waals surface area contributed by atoms with E-state index in [2.05, 4.69) is 34.9 Å².